The molecule has 4 rings (SSSR count). The minimum atomic E-state index is -2.93. The molecule has 0 aliphatic carbocycles. The number of rotatable bonds is 3. The van der Waals surface area contributed by atoms with E-state index in [4.69, 9.17) is 4.74 Å². The normalized spacial score (nSPS) is 19.8. The third kappa shape index (κ3) is 3.02. The van der Waals surface area contributed by atoms with E-state index in [0.29, 0.717) is 17.8 Å². The topological polar surface area (TPSA) is 58.8 Å². The molecule has 1 aliphatic rings. The molecule has 1 atom stereocenters. The Labute approximate surface area is 142 Å². The maximum atomic E-state index is 14.1. The van der Waals surface area contributed by atoms with Crippen molar-refractivity contribution in [1.29, 1.82) is 0 Å². The molecule has 130 valence electrons. The van der Waals surface area contributed by atoms with Gasteiger partial charge >= 0.3 is 0 Å². The summed E-state index contributed by atoms with van der Waals surface area (Å²) < 4.78 is 35.7. The van der Waals surface area contributed by atoms with Crippen molar-refractivity contribution >= 4 is 5.52 Å². The number of hydrogen-bond acceptors (Lipinski definition) is 4. The Bertz CT molecular complexity index is 893. The lowest BCUT2D eigenvalue weighted by Crippen LogP contribution is -2.52. The Morgan fingerprint density at radius 3 is 2.80 bits per heavy atom. The highest BCUT2D eigenvalue weighted by Gasteiger charge is 2.43. The highest BCUT2D eigenvalue weighted by molar-refractivity contribution is 5.71. The molecular formula is C18H17F2N3O2. The molecule has 0 saturated carbocycles. The van der Waals surface area contributed by atoms with Crippen LogP contribution in [0.1, 0.15) is 6.42 Å². The number of phenols is 1. The molecule has 2 N–H and O–H groups in total. The number of piperidine rings is 1. The van der Waals surface area contributed by atoms with Crippen LogP contribution in [0.25, 0.3) is 16.6 Å². The van der Waals surface area contributed by atoms with Gasteiger partial charge in [-0.25, -0.2) is 13.8 Å². The van der Waals surface area contributed by atoms with Crippen molar-refractivity contribution < 1.29 is 18.6 Å². The van der Waals surface area contributed by atoms with Crippen molar-refractivity contribution in [3.63, 3.8) is 0 Å². The molecular weight excluding hydrogens is 328 g/mol. The van der Waals surface area contributed by atoms with Gasteiger partial charge in [-0.2, -0.15) is 0 Å². The molecule has 1 aromatic carbocycles. The van der Waals surface area contributed by atoms with E-state index in [2.05, 4.69) is 10.3 Å². The average Bonchev–Trinajstić information content (AvgIpc) is 3.06. The maximum absolute atomic E-state index is 14.1. The van der Waals surface area contributed by atoms with E-state index >= 15 is 0 Å². The lowest BCUT2D eigenvalue weighted by molar-refractivity contribution is -0.108. The van der Waals surface area contributed by atoms with Gasteiger partial charge in [0, 0.05) is 18.2 Å². The van der Waals surface area contributed by atoms with Crippen molar-refractivity contribution in [2.24, 2.45) is 0 Å². The van der Waals surface area contributed by atoms with E-state index in [1.165, 1.54) is 0 Å². The number of ether oxygens (including phenoxy) is 1. The quantitative estimate of drug-likeness (QED) is 0.766. The number of halogens is 2. The summed E-state index contributed by atoms with van der Waals surface area (Å²) in [4.78, 5) is 4.08. The van der Waals surface area contributed by atoms with Crippen LogP contribution < -0.4 is 10.1 Å². The van der Waals surface area contributed by atoms with Crippen LogP contribution in [0, 0.1) is 0 Å². The molecule has 25 heavy (non-hydrogen) atoms. The lowest BCUT2D eigenvalue weighted by Gasteiger charge is -2.32. The number of imidazole rings is 1. The van der Waals surface area contributed by atoms with Gasteiger partial charge in [-0.15, -0.1) is 0 Å². The molecule has 1 saturated heterocycles. The predicted octanol–water partition coefficient (Wildman–Crippen LogP) is 3.08. The summed E-state index contributed by atoms with van der Waals surface area (Å²) in [5.74, 6) is -2.39. The van der Waals surface area contributed by atoms with Crippen LogP contribution in [0.15, 0.2) is 49.1 Å². The van der Waals surface area contributed by atoms with Gasteiger partial charge in [0.05, 0.1) is 19.1 Å². The number of pyridine rings is 1. The first-order chi connectivity index (χ1) is 12.0. The number of aromatic nitrogens is 2. The van der Waals surface area contributed by atoms with Gasteiger partial charge in [-0.1, -0.05) is 12.1 Å². The van der Waals surface area contributed by atoms with Crippen LogP contribution in [0.5, 0.6) is 11.5 Å². The summed E-state index contributed by atoms with van der Waals surface area (Å²) in [5.41, 5.74) is 2.27. The Kier molecular flexibility index (Phi) is 3.80. The van der Waals surface area contributed by atoms with Gasteiger partial charge in [0.15, 0.2) is 6.10 Å². The zero-order valence-corrected chi connectivity index (χ0v) is 13.3. The van der Waals surface area contributed by atoms with Crippen molar-refractivity contribution in [3.05, 3.63) is 49.1 Å². The molecule has 0 amide bonds. The fourth-order valence-corrected chi connectivity index (χ4v) is 3.02. The summed E-state index contributed by atoms with van der Waals surface area (Å²) in [6, 6.07) is 8.41. The van der Waals surface area contributed by atoms with E-state index < -0.39 is 12.0 Å². The molecule has 0 bridgehead atoms. The second-order valence-corrected chi connectivity index (χ2v) is 6.16. The number of nitrogens with one attached hydrogen (secondary N) is 1. The number of phenolic OH excluding ortho intramolecular Hbond substituents is 1. The molecule has 2 aromatic heterocycles. The fourth-order valence-electron chi connectivity index (χ4n) is 3.02. The van der Waals surface area contributed by atoms with Crippen molar-refractivity contribution in [2.45, 2.75) is 18.4 Å². The SMILES string of the molecule is Oc1ccc(-c2cc(OC3CCNCC3(F)F)c3cncn3c2)cc1. The van der Waals surface area contributed by atoms with E-state index in [9.17, 15) is 13.9 Å². The first kappa shape index (κ1) is 15.8. The van der Waals surface area contributed by atoms with E-state index in [1.807, 2.05) is 6.20 Å². The molecule has 1 unspecified atom stereocenters. The zero-order valence-electron chi connectivity index (χ0n) is 13.3. The minimum Gasteiger partial charge on any atom is -0.508 e. The van der Waals surface area contributed by atoms with Crippen LogP contribution in [0.3, 0.4) is 0 Å². The molecule has 1 aliphatic heterocycles. The van der Waals surface area contributed by atoms with Gasteiger partial charge in [0.2, 0.25) is 0 Å². The fraction of sp³-hybridized carbons (Fsp3) is 0.278. The number of hydrogen-bond donors (Lipinski definition) is 2. The Balaban J connectivity index is 1.74. The monoisotopic (exact) mass is 345 g/mol. The summed E-state index contributed by atoms with van der Waals surface area (Å²) in [5, 5.41) is 12.1. The molecule has 0 radical (unpaired) electrons. The van der Waals surface area contributed by atoms with Gasteiger partial charge in [0.25, 0.3) is 5.92 Å². The van der Waals surface area contributed by atoms with Crippen molar-refractivity contribution in [1.82, 2.24) is 14.7 Å². The molecule has 5 nitrogen and oxygen atoms in total. The molecule has 0 spiro atoms. The summed E-state index contributed by atoms with van der Waals surface area (Å²) in [6.45, 7) is 0.109. The largest absolute Gasteiger partial charge is 0.508 e. The van der Waals surface area contributed by atoms with E-state index in [-0.39, 0.29) is 18.7 Å². The third-order valence-electron chi connectivity index (χ3n) is 4.37. The number of alkyl halides is 2. The second-order valence-electron chi connectivity index (χ2n) is 6.16. The van der Waals surface area contributed by atoms with Crippen LogP contribution in [0.2, 0.25) is 0 Å². The first-order valence-electron chi connectivity index (χ1n) is 8.03. The van der Waals surface area contributed by atoms with Crippen molar-refractivity contribution in [3.8, 4) is 22.6 Å². The summed E-state index contributed by atoms with van der Waals surface area (Å²) >= 11 is 0. The Hall–Kier alpha value is -2.67. The maximum Gasteiger partial charge on any atom is 0.296 e. The van der Waals surface area contributed by atoms with Crippen LogP contribution in [-0.4, -0.2) is 39.6 Å². The molecule has 7 heteroatoms. The van der Waals surface area contributed by atoms with Crippen LogP contribution >= 0.6 is 0 Å². The molecule has 3 heterocycles. The standard InChI is InChI=1S/C18H17F2N3O2/c19-18(20)10-21-6-5-17(18)25-16-7-13(9-23-11-22-8-15(16)23)12-1-3-14(24)4-2-12/h1-4,7-9,11,17,21,24H,5-6,10H2. The van der Waals surface area contributed by atoms with Gasteiger partial charge < -0.3 is 19.6 Å². The average molecular weight is 345 g/mol. The number of fused-ring (bicyclic) bond motifs is 1. The lowest BCUT2D eigenvalue weighted by atomic mass is 10.0. The number of benzene rings is 1. The highest BCUT2D eigenvalue weighted by atomic mass is 19.3. The summed E-state index contributed by atoms with van der Waals surface area (Å²) in [7, 11) is 0. The molecule has 1 fully saturated rings. The van der Waals surface area contributed by atoms with Gasteiger partial charge in [-0.3, -0.25) is 0 Å². The minimum absolute atomic E-state index is 0.165. The zero-order chi connectivity index (χ0) is 17.4. The second kappa shape index (κ2) is 6.00. The van der Waals surface area contributed by atoms with Gasteiger partial charge in [0.1, 0.15) is 17.0 Å². The van der Waals surface area contributed by atoms with Crippen LogP contribution in [0.4, 0.5) is 8.78 Å². The summed E-state index contributed by atoms with van der Waals surface area (Å²) in [6.07, 6.45) is 4.10. The third-order valence-corrected chi connectivity index (χ3v) is 4.37. The Morgan fingerprint density at radius 1 is 1.24 bits per heavy atom. The number of nitrogens with zero attached hydrogens (tertiary/aromatic N) is 2. The number of aromatic hydroxyl groups is 1. The van der Waals surface area contributed by atoms with E-state index in [0.717, 1.165) is 11.1 Å². The predicted molar refractivity (Wildman–Crippen MR) is 89.1 cm³/mol. The van der Waals surface area contributed by atoms with E-state index in [1.54, 1.807) is 47.3 Å². The Morgan fingerprint density at radius 2 is 2.04 bits per heavy atom. The van der Waals surface area contributed by atoms with Gasteiger partial charge in [-0.05, 0) is 30.3 Å². The highest BCUT2D eigenvalue weighted by Crippen LogP contribution is 2.33. The van der Waals surface area contributed by atoms with Crippen LogP contribution in [-0.2, 0) is 0 Å². The van der Waals surface area contributed by atoms with Crippen molar-refractivity contribution in [2.75, 3.05) is 13.1 Å². The first-order valence-corrected chi connectivity index (χ1v) is 8.03. The molecule has 3 aromatic rings. The smallest absolute Gasteiger partial charge is 0.296 e.